The first-order valence-corrected chi connectivity index (χ1v) is 9.41. The van der Waals surface area contributed by atoms with E-state index >= 15 is 0 Å². The molecule has 30 heavy (non-hydrogen) atoms. The summed E-state index contributed by atoms with van der Waals surface area (Å²) in [5.74, 6) is 0.630. The Morgan fingerprint density at radius 2 is 1.70 bits per heavy atom. The van der Waals surface area contributed by atoms with Gasteiger partial charge in [0.15, 0.2) is 17.2 Å². The Kier molecular flexibility index (Phi) is 6.05. The third-order valence-corrected chi connectivity index (χ3v) is 5.22. The van der Waals surface area contributed by atoms with Crippen molar-refractivity contribution in [3.8, 4) is 39.9 Å². The number of amides is 1. The fraction of sp³-hybridized carbons (Fsp3) is 0.364. The predicted octanol–water partition coefficient (Wildman–Crippen LogP) is 2.58. The van der Waals surface area contributed by atoms with Gasteiger partial charge in [0.05, 0.1) is 34.5 Å². The van der Waals surface area contributed by atoms with Crippen LogP contribution in [0.2, 0.25) is 0 Å². The Morgan fingerprint density at radius 3 is 2.27 bits per heavy atom. The molecule has 2 aromatic rings. The molecule has 2 aromatic carbocycles. The zero-order chi connectivity index (χ0) is 22.0. The molecule has 1 amide bonds. The van der Waals surface area contributed by atoms with E-state index < -0.39 is 6.04 Å². The van der Waals surface area contributed by atoms with Crippen LogP contribution in [0.1, 0.15) is 30.5 Å². The average Bonchev–Trinajstić information content (AvgIpc) is 2.96. The molecular weight excluding hydrogens is 390 g/mol. The van der Waals surface area contributed by atoms with E-state index in [-0.39, 0.29) is 34.3 Å². The quantitative estimate of drug-likeness (QED) is 0.774. The minimum absolute atomic E-state index is 0.0691. The Labute approximate surface area is 174 Å². The Morgan fingerprint density at radius 1 is 1.03 bits per heavy atom. The average molecular weight is 415 g/mol. The zero-order valence-corrected chi connectivity index (χ0v) is 17.6. The first-order chi connectivity index (χ1) is 14.4. The number of nitrogens with one attached hydrogen (secondary N) is 1. The van der Waals surface area contributed by atoms with Crippen molar-refractivity contribution >= 4 is 5.91 Å². The van der Waals surface area contributed by atoms with Gasteiger partial charge in [0, 0.05) is 18.1 Å². The molecule has 3 rings (SSSR count). The lowest BCUT2D eigenvalue weighted by Crippen LogP contribution is -2.26. The van der Waals surface area contributed by atoms with E-state index in [1.807, 2.05) is 0 Å². The van der Waals surface area contributed by atoms with Gasteiger partial charge in [-0.3, -0.25) is 9.59 Å². The third kappa shape index (κ3) is 3.49. The molecule has 8 nitrogen and oxygen atoms in total. The summed E-state index contributed by atoms with van der Waals surface area (Å²) in [5, 5.41) is 13.9. The van der Waals surface area contributed by atoms with E-state index in [2.05, 4.69) is 5.32 Å². The van der Waals surface area contributed by atoms with Gasteiger partial charge in [0.2, 0.25) is 22.8 Å². The number of carbonyl (C=O) groups excluding carboxylic acids is 1. The molecule has 1 atom stereocenters. The molecule has 0 saturated heterocycles. The molecular formula is C22H25NO7. The smallest absolute Gasteiger partial charge is 0.220 e. The van der Waals surface area contributed by atoms with Crippen LogP contribution in [0.3, 0.4) is 0 Å². The number of ether oxygens (including phenoxy) is 4. The maximum absolute atomic E-state index is 12.7. The zero-order valence-electron chi connectivity index (χ0n) is 17.6. The molecule has 0 saturated carbocycles. The summed E-state index contributed by atoms with van der Waals surface area (Å²) in [5.41, 5.74) is 2.06. The molecule has 0 bridgehead atoms. The molecule has 0 aliphatic heterocycles. The van der Waals surface area contributed by atoms with E-state index in [1.165, 1.54) is 41.4 Å². The minimum Gasteiger partial charge on any atom is -0.504 e. The highest BCUT2D eigenvalue weighted by Crippen LogP contribution is 2.55. The van der Waals surface area contributed by atoms with Crippen LogP contribution < -0.4 is 29.7 Å². The van der Waals surface area contributed by atoms with Crippen molar-refractivity contribution < 1.29 is 28.8 Å². The van der Waals surface area contributed by atoms with Crippen molar-refractivity contribution in [2.45, 2.75) is 25.8 Å². The highest BCUT2D eigenvalue weighted by Gasteiger charge is 2.32. The van der Waals surface area contributed by atoms with E-state index in [1.54, 1.807) is 12.1 Å². The molecule has 1 aliphatic carbocycles. The van der Waals surface area contributed by atoms with Crippen LogP contribution in [-0.2, 0) is 11.2 Å². The lowest BCUT2D eigenvalue weighted by molar-refractivity contribution is -0.119. The van der Waals surface area contributed by atoms with E-state index in [4.69, 9.17) is 18.9 Å². The van der Waals surface area contributed by atoms with Gasteiger partial charge < -0.3 is 29.4 Å². The highest BCUT2D eigenvalue weighted by molar-refractivity contribution is 5.86. The summed E-state index contributed by atoms with van der Waals surface area (Å²) in [6.07, 6.45) is 0.865. The number of phenolic OH excluding ortho intramolecular Hbond substituents is 1. The van der Waals surface area contributed by atoms with Crippen molar-refractivity contribution in [2.24, 2.45) is 0 Å². The van der Waals surface area contributed by atoms with Crippen molar-refractivity contribution in [1.82, 2.24) is 5.32 Å². The Hall–Kier alpha value is -3.42. The van der Waals surface area contributed by atoms with Gasteiger partial charge in [-0.25, -0.2) is 0 Å². The van der Waals surface area contributed by atoms with Crippen LogP contribution in [0, 0.1) is 0 Å². The van der Waals surface area contributed by atoms with E-state index in [0.29, 0.717) is 40.8 Å². The van der Waals surface area contributed by atoms with Gasteiger partial charge in [0.25, 0.3) is 0 Å². The van der Waals surface area contributed by atoms with Crippen LogP contribution in [0.4, 0.5) is 0 Å². The maximum Gasteiger partial charge on any atom is 0.220 e. The number of hydrogen-bond donors (Lipinski definition) is 2. The van der Waals surface area contributed by atoms with Gasteiger partial charge >= 0.3 is 0 Å². The molecule has 0 unspecified atom stereocenters. The molecule has 8 heteroatoms. The number of aromatic hydroxyl groups is 1. The van der Waals surface area contributed by atoms with E-state index in [0.717, 1.165) is 0 Å². The Bertz CT molecular complexity index is 1050. The predicted molar refractivity (Wildman–Crippen MR) is 111 cm³/mol. The molecule has 0 heterocycles. The molecule has 160 valence electrons. The van der Waals surface area contributed by atoms with Crippen molar-refractivity contribution in [3.05, 3.63) is 39.5 Å². The molecule has 0 radical (unpaired) electrons. The maximum atomic E-state index is 12.7. The number of methoxy groups -OCH3 is 4. The van der Waals surface area contributed by atoms with Gasteiger partial charge in [0.1, 0.15) is 0 Å². The van der Waals surface area contributed by atoms with Crippen LogP contribution in [0.5, 0.6) is 28.7 Å². The summed E-state index contributed by atoms with van der Waals surface area (Å²) in [4.78, 5) is 24.5. The summed E-state index contributed by atoms with van der Waals surface area (Å²) in [7, 11) is 5.80. The Balaban J connectivity index is 2.47. The van der Waals surface area contributed by atoms with Gasteiger partial charge in [-0.2, -0.15) is 0 Å². The monoisotopic (exact) mass is 415 g/mol. The largest absolute Gasteiger partial charge is 0.504 e. The van der Waals surface area contributed by atoms with Crippen molar-refractivity contribution in [1.29, 1.82) is 0 Å². The number of benzene rings is 1. The summed E-state index contributed by atoms with van der Waals surface area (Å²) < 4.78 is 21.7. The van der Waals surface area contributed by atoms with Crippen molar-refractivity contribution in [3.63, 3.8) is 0 Å². The standard InChI is InChI=1S/C22H25NO7/c1-11(24)23-15-8-6-13-18(12-7-9-17(27-2)16(25)10-14(12)15)20(28-3)22(30-5)21(29-4)19(13)26/h7,9-10,15,26H,6,8H2,1-5H3,(H,23,24)/t15-/m0/s1. The highest BCUT2D eigenvalue weighted by atomic mass is 16.5. The van der Waals surface area contributed by atoms with Crippen LogP contribution >= 0.6 is 0 Å². The van der Waals surface area contributed by atoms with E-state index in [9.17, 15) is 14.7 Å². The minimum atomic E-state index is -0.448. The normalized spacial score (nSPS) is 14.6. The fourth-order valence-electron chi connectivity index (χ4n) is 3.97. The second kappa shape index (κ2) is 8.52. The van der Waals surface area contributed by atoms with Gasteiger partial charge in [-0.1, -0.05) is 6.07 Å². The summed E-state index contributed by atoms with van der Waals surface area (Å²) >= 11 is 0. The fourth-order valence-corrected chi connectivity index (χ4v) is 3.97. The van der Waals surface area contributed by atoms with Crippen molar-refractivity contribution in [2.75, 3.05) is 28.4 Å². The number of rotatable bonds is 5. The SMILES string of the molecule is COc1c(O)c2c(c(OC)c1OC)-c1ccc(OC)c(=O)cc1[C@@H](NC(C)=O)CC2. The second-order valence-electron chi connectivity index (χ2n) is 6.87. The van der Waals surface area contributed by atoms with Crippen LogP contribution in [0.15, 0.2) is 23.0 Å². The second-order valence-corrected chi connectivity index (χ2v) is 6.87. The number of phenols is 1. The number of carbonyl (C=O) groups is 1. The third-order valence-electron chi connectivity index (χ3n) is 5.22. The van der Waals surface area contributed by atoms with Gasteiger partial charge in [-0.15, -0.1) is 0 Å². The molecule has 1 aliphatic rings. The lowest BCUT2D eigenvalue weighted by atomic mass is 9.94. The van der Waals surface area contributed by atoms with Crippen LogP contribution in [-0.4, -0.2) is 39.5 Å². The summed E-state index contributed by atoms with van der Waals surface area (Å²) in [6.45, 7) is 1.42. The molecule has 2 N–H and O–H groups in total. The van der Waals surface area contributed by atoms with Crippen LogP contribution in [0.25, 0.3) is 11.1 Å². The van der Waals surface area contributed by atoms with Gasteiger partial charge in [-0.05, 0) is 36.1 Å². The first-order valence-electron chi connectivity index (χ1n) is 9.41. The first kappa shape index (κ1) is 21.3. The molecule has 0 fully saturated rings. The molecule has 0 aromatic heterocycles. The number of hydrogen-bond acceptors (Lipinski definition) is 7. The molecule has 0 spiro atoms. The topological polar surface area (TPSA) is 103 Å². The summed E-state index contributed by atoms with van der Waals surface area (Å²) in [6, 6.07) is 4.30. The lowest BCUT2D eigenvalue weighted by Gasteiger charge is -2.21. The number of fused-ring (bicyclic) bond motifs is 3.